The van der Waals surface area contributed by atoms with Crippen molar-refractivity contribution in [2.24, 2.45) is 13.0 Å². The maximum atomic E-state index is 12.8. The average Bonchev–Trinajstić information content (AvgIpc) is 2.51. The van der Waals surface area contributed by atoms with E-state index in [2.05, 4.69) is 5.10 Å². The average molecular weight is 321 g/mol. The molecular weight excluding hydrogens is 298 g/mol. The molecule has 2 rings (SSSR count). The smallest absolute Gasteiger partial charge is 0.303 e. The molecule has 126 valence electrons. The number of carbonyl (C=O) groups excluding carboxylic acids is 1. The molecule has 23 heavy (non-hydrogen) atoms. The van der Waals surface area contributed by atoms with E-state index in [-0.39, 0.29) is 29.4 Å². The number of likely N-dealkylation sites (tertiary alicyclic amines) is 1. The summed E-state index contributed by atoms with van der Waals surface area (Å²) in [4.78, 5) is 37.5. The van der Waals surface area contributed by atoms with Gasteiger partial charge in [0, 0.05) is 26.6 Å². The summed E-state index contributed by atoms with van der Waals surface area (Å²) in [6, 6.07) is 0. The Kier molecular flexibility index (Phi) is 5.18. The van der Waals surface area contributed by atoms with Crippen molar-refractivity contribution in [2.45, 2.75) is 39.5 Å². The molecule has 0 radical (unpaired) electrons. The molecule has 0 aromatic carbocycles. The lowest BCUT2D eigenvalue weighted by molar-refractivity contribution is -0.137. The zero-order valence-electron chi connectivity index (χ0n) is 13.8. The second-order valence-electron chi connectivity index (χ2n) is 6.21. The minimum atomic E-state index is -0.817. The first kappa shape index (κ1) is 17.2. The lowest BCUT2D eigenvalue weighted by Crippen LogP contribution is -2.43. The third-order valence-corrected chi connectivity index (χ3v) is 4.51. The van der Waals surface area contributed by atoms with Crippen LogP contribution >= 0.6 is 0 Å². The van der Waals surface area contributed by atoms with Gasteiger partial charge in [-0.3, -0.25) is 14.4 Å². The number of aromatic nitrogens is 2. The van der Waals surface area contributed by atoms with Crippen LogP contribution in [0, 0.1) is 19.8 Å². The van der Waals surface area contributed by atoms with E-state index in [1.807, 2.05) is 0 Å². The Balaban J connectivity index is 2.20. The monoisotopic (exact) mass is 321 g/mol. The topological polar surface area (TPSA) is 92.5 Å². The fraction of sp³-hybridized carbons (Fsp3) is 0.625. The first-order chi connectivity index (χ1) is 10.8. The highest BCUT2D eigenvalue weighted by molar-refractivity contribution is 5.95. The third kappa shape index (κ3) is 3.78. The molecule has 1 atom stereocenters. The van der Waals surface area contributed by atoms with Crippen LogP contribution in [0.25, 0.3) is 0 Å². The molecule has 1 saturated heterocycles. The van der Waals surface area contributed by atoms with Gasteiger partial charge in [-0.25, -0.2) is 4.68 Å². The van der Waals surface area contributed by atoms with Gasteiger partial charge in [-0.1, -0.05) is 0 Å². The SMILES string of the molecule is Cc1nn(C)c(=O)c(C(=O)N2CCC[C@@H](CCC(=O)O)C2)c1C. The molecule has 0 spiro atoms. The molecule has 2 heterocycles. The summed E-state index contributed by atoms with van der Waals surface area (Å²) in [5.41, 5.74) is 1.07. The summed E-state index contributed by atoms with van der Waals surface area (Å²) in [5, 5.41) is 12.9. The summed E-state index contributed by atoms with van der Waals surface area (Å²) in [6.07, 6.45) is 2.43. The Hall–Kier alpha value is -2.18. The number of hydrogen-bond donors (Lipinski definition) is 1. The number of rotatable bonds is 4. The maximum absolute atomic E-state index is 12.8. The second-order valence-corrected chi connectivity index (χ2v) is 6.21. The third-order valence-electron chi connectivity index (χ3n) is 4.51. The van der Waals surface area contributed by atoms with Gasteiger partial charge < -0.3 is 10.0 Å². The zero-order chi connectivity index (χ0) is 17.1. The van der Waals surface area contributed by atoms with Crippen LogP contribution in [0.4, 0.5) is 0 Å². The van der Waals surface area contributed by atoms with Gasteiger partial charge in [0.05, 0.1) is 5.69 Å². The Morgan fingerprint density at radius 2 is 2.04 bits per heavy atom. The number of aryl methyl sites for hydroxylation is 2. The Labute approximate surface area is 134 Å². The van der Waals surface area contributed by atoms with Gasteiger partial charge in [-0.2, -0.15) is 5.10 Å². The van der Waals surface area contributed by atoms with E-state index in [1.54, 1.807) is 18.7 Å². The van der Waals surface area contributed by atoms with Crippen LogP contribution in [-0.2, 0) is 11.8 Å². The van der Waals surface area contributed by atoms with Gasteiger partial charge in [-0.05, 0) is 44.6 Å². The molecule has 0 unspecified atom stereocenters. The van der Waals surface area contributed by atoms with Crippen LogP contribution in [0.5, 0.6) is 0 Å². The molecule has 1 amide bonds. The normalized spacial score (nSPS) is 18.0. The molecule has 0 aliphatic carbocycles. The number of carbonyl (C=O) groups is 2. The van der Waals surface area contributed by atoms with Gasteiger partial charge in [0.25, 0.3) is 11.5 Å². The van der Waals surface area contributed by atoms with Crippen LogP contribution < -0.4 is 5.56 Å². The van der Waals surface area contributed by atoms with Crippen molar-refractivity contribution in [3.8, 4) is 0 Å². The molecule has 1 aromatic rings. The molecule has 1 N–H and O–H groups in total. The van der Waals surface area contributed by atoms with Gasteiger partial charge in [0.2, 0.25) is 0 Å². The number of hydrogen-bond acceptors (Lipinski definition) is 4. The first-order valence-corrected chi connectivity index (χ1v) is 7.86. The summed E-state index contributed by atoms with van der Waals surface area (Å²) in [6.45, 7) is 4.63. The Morgan fingerprint density at radius 3 is 2.70 bits per heavy atom. The maximum Gasteiger partial charge on any atom is 0.303 e. The number of carboxylic acid groups (broad SMARTS) is 1. The molecule has 1 fully saturated rings. The predicted molar refractivity (Wildman–Crippen MR) is 84.4 cm³/mol. The summed E-state index contributed by atoms with van der Waals surface area (Å²) in [7, 11) is 1.54. The number of amides is 1. The van der Waals surface area contributed by atoms with E-state index in [0.717, 1.165) is 12.8 Å². The molecule has 0 saturated carbocycles. The van der Waals surface area contributed by atoms with Crippen LogP contribution in [0.2, 0.25) is 0 Å². The number of carboxylic acids is 1. The van der Waals surface area contributed by atoms with E-state index >= 15 is 0 Å². The van der Waals surface area contributed by atoms with Crippen LogP contribution in [0.15, 0.2) is 4.79 Å². The van der Waals surface area contributed by atoms with Crippen LogP contribution in [-0.4, -0.2) is 44.8 Å². The Bertz CT molecular complexity index is 681. The fourth-order valence-corrected chi connectivity index (χ4v) is 3.07. The minimum absolute atomic E-state index is 0.113. The molecule has 7 heteroatoms. The molecule has 1 aliphatic rings. The standard InChI is InChI=1S/C16H23N3O4/c1-10-11(2)17-18(3)15(22)14(10)16(23)19-8-4-5-12(9-19)6-7-13(20)21/h12H,4-9H2,1-3H3,(H,20,21)/t12-/m0/s1. The van der Waals surface area contributed by atoms with Gasteiger partial charge in [-0.15, -0.1) is 0 Å². The zero-order valence-corrected chi connectivity index (χ0v) is 13.8. The van der Waals surface area contributed by atoms with Gasteiger partial charge in [0.1, 0.15) is 5.56 Å². The lowest BCUT2D eigenvalue weighted by atomic mass is 9.93. The van der Waals surface area contributed by atoms with Crippen molar-refractivity contribution in [1.29, 1.82) is 0 Å². The van der Waals surface area contributed by atoms with Crippen molar-refractivity contribution in [1.82, 2.24) is 14.7 Å². The van der Waals surface area contributed by atoms with Crippen molar-refractivity contribution in [2.75, 3.05) is 13.1 Å². The molecule has 1 aromatic heterocycles. The first-order valence-electron chi connectivity index (χ1n) is 7.86. The highest BCUT2D eigenvalue weighted by atomic mass is 16.4. The van der Waals surface area contributed by atoms with E-state index in [9.17, 15) is 14.4 Å². The predicted octanol–water partition coefficient (Wildman–Crippen LogP) is 1.11. The van der Waals surface area contributed by atoms with E-state index in [4.69, 9.17) is 5.11 Å². The number of nitrogens with zero attached hydrogens (tertiary/aromatic N) is 3. The van der Waals surface area contributed by atoms with Crippen molar-refractivity contribution in [3.05, 3.63) is 27.2 Å². The van der Waals surface area contributed by atoms with Crippen molar-refractivity contribution >= 4 is 11.9 Å². The second kappa shape index (κ2) is 6.93. The van der Waals surface area contributed by atoms with Gasteiger partial charge in [0.15, 0.2) is 0 Å². The molecule has 1 aliphatic heterocycles. The van der Waals surface area contributed by atoms with E-state index in [0.29, 0.717) is 30.8 Å². The van der Waals surface area contributed by atoms with Crippen LogP contribution in [0.1, 0.15) is 47.3 Å². The highest BCUT2D eigenvalue weighted by Gasteiger charge is 2.28. The highest BCUT2D eigenvalue weighted by Crippen LogP contribution is 2.22. The summed E-state index contributed by atoms with van der Waals surface area (Å²) in [5.74, 6) is -0.910. The number of piperidine rings is 1. The largest absolute Gasteiger partial charge is 0.481 e. The lowest BCUT2D eigenvalue weighted by Gasteiger charge is -2.33. The summed E-state index contributed by atoms with van der Waals surface area (Å²) >= 11 is 0. The minimum Gasteiger partial charge on any atom is -0.481 e. The Morgan fingerprint density at radius 1 is 1.35 bits per heavy atom. The van der Waals surface area contributed by atoms with E-state index in [1.165, 1.54) is 11.7 Å². The van der Waals surface area contributed by atoms with Gasteiger partial charge >= 0.3 is 5.97 Å². The van der Waals surface area contributed by atoms with Crippen molar-refractivity contribution in [3.63, 3.8) is 0 Å². The summed E-state index contributed by atoms with van der Waals surface area (Å²) < 4.78 is 1.20. The fourth-order valence-electron chi connectivity index (χ4n) is 3.07. The van der Waals surface area contributed by atoms with Crippen LogP contribution in [0.3, 0.4) is 0 Å². The van der Waals surface area contributed by atoms with Crippen molar-refractivity contribution < 1.29 is 14.7 Å². The molecular formula is C16H23N3O4. The number of aliphatic carboxylic acids is 1. The quantitative estimate of drug-likeness (QED) is 0.897. The van der Waals surface area contributed by atoms with E-state index < -0.39 is 5.97 Å². The molecule has 7 nitrogen and oxygen atoms in total. The molecule has 0 bridgehead atoms.